The molecule has 0 unspecified atom stereocenters. The smallest absolute Gasteiger partial charge is 0.261 e. The Labute approximate surface area is 194 Å². The highest BCUT2D eigenvalue weighted by molar-refractivity contribution is 5.80. The van der Waals surface area contributed by atoms with Gasteiger partial charge in [-0.15, -0.1) is 0 Å². The summed E-state index contributed by atoms with van der Waals surface area (Å²) in [6.07, 6.45) is 4.97. The molecule has 0 saturated carbocycles. The molecule has 3 aromatic rings. The van der Waals surface area contributed by atoms with Crippen LogP contribution < -0.4 is 20.3 Å². The van der Waals surface area contributed by atoms with Gasteiger partial charge < -0.3 is 14.8 Å². The van der Waals surface area contributed by atoms with Crippen LogP contribution in [0.3, 0.4) is 0 Å². The van der Waals surface area contributed by atoms with Gasteiger partial charge in [-0.25, -0.2) is 4.98 Å². The number of carbonyl (C=O) groups is 1. The van der Waals surface area contributed by atoms with Crippen molar-refractivity contribution in [1.82, 2.24) is 14.9 Å². The lowest BCUT2D eigenvalue weighted by atomic mass is 10.1. The lowest BCUT2D eigenvalue weighted by Crippen LogP contribution is -2.29. The van der Waals surface area contributed by atoms with Crippen molar-refractivity contribution in [3.05, 3.63) is 64.2 Å². The maximum Gasteiger partial charge on any atom is 0.261 e. The lowest BCUT2D eigenvalue weighted by molar-refractivity contribution is -0.121. The van der Waals surface area contributed by atoms with E-state index in [1.807, 2.05) is 44.2 Å². The number of methoxy groups -OCH3 is 1. The van der Waals surface area contributed by atoms with Gasteiger partial charge in [0.2, 0.25) is 5.91 Å². The number of aryl methyl sites for hydroxylation is 2. The number of nitrogens with zero attached hydrogens (tertiary/aromatic N) is 2. The predicted molar refractivity (Wildman–Crippen MR) is 130 cm³/mol. The quantitative estimate of drug-likeness (QED) is 0.433. The van der Waals surface area contributed by atoms with Gasteiger partial charge in [-0.3, -0.25) is 14.2 Å². The molecule has 7 nitrogen and oxygen atoms in total. The molecule has 1 heterocycles. The van der Waals surface area contributed by atoms with Crippen molar-refractivity contribution in [1.29, 1.82) is 0 Å². The highest BCUT2D eigenvalue weighted by Crippen LogP contribution is 2.30. The van der Waals surface area contributed by atoms with Crippen LogP contribution in [0, 0.1) is 6.92 Å². The summed E-state index contributed by atoms with van der Waals surface area (Å²) in [7, 11) is 1.61. The van der Waals surface area contributed by atoms with E-state index in [9.17, 15) is 9.59 Å². The van der Waals surface area contributed by atoms with E-state index in [0.29, 0.717) is 29.0 Å². The molecule has 0 saturated heterocycles. The van der Waals surface area contributed by atoms with Gasteiger partial charge in [0.25, 0.3) is 5.56 Å². The van der Waals surface area contributed by atoms with Gasteiger partial charge in [0.1, 0.15) is 0 Å². The van der Waals surface area contributed by atoms with Crippen molar-refractivity contribution < 1.29 is 14.3 Å². The van der Waals surface area contributed by atoms with Gasteiger partial charge >= 0.3 is 0 Å². The summed E-state index contributed by atoms with van der Waals surface area (Å²) in [6, 6.07) is 11.0. The van der Waals surface area contributed by atoms with Gasteiger partial charge in [-0.05, 0) is 49.6 Å². The third-order valence-corrected chi connectivity index (χ3v) is 5.71. The molecule has 1 atom stereocenters. The Kier molecular flexibility index (Phi) is 8.46. The summed E-state index contributed by atoms with van der Waals surface area (Å²) in [6.45, 7) is 6.92. The zero-order chi connectivity index (χ0) is 23.8. The SMILES string of the molecule is CCCCCOc1ccc([C@@H](C)NC(=O)CCn2cnc3c(C)cccc3c2=O)cc1OC. The van der Waals surface area contributed by atoms with Crippen molar-refractivity contribution in [2.45, 2.75) is 59.0 Å². The average Bonchev–Trinajstić information content (AvgIpc) is 2.82. The van der Waals surface area contributed by atoms with Crippen molar-refractivity contribution >= 4 is 16.8 Å². The van der Waals surface area contributed by atoms with Crippen LogP contribution in [-0.2, 0) is 11.3 Å². The third kappa shape index (κ3) is 6.12. The number of aromatic nitrogens is 2. The Bertz CT molecular complexity index is 1160. The van der Waals surface area contributed by atoms with Gasteiger partial charge in [0, 0.05) is 13.0 Å². The number of para-hydroxylation sites is 1. The molecule has 0 spiro atoms. The van der Waals surface area contributed by atoms with Crippen LogP contribution in [0.4, 0.5) is 0 Å². The first-order valence-corrected chi connectivity index (χ1v) is 11.5. The number of nitrogens with one attached hydrogen (secondary N) is 1. The van der Waals surface area contributed by atoms with Gasteiger partial charge in [0.05, 0.1) is 37.0 Å². The highest BCUT2D eigenvalue weighted by atomic mass is 16.5. The van der Waals surface area contributed by atoms with E-state index < -0.39 is 0 Å². The predicted octanol–water partition coefficient (Wildman–Crippen LogP) is 4.55. The molecule has 1 aromatic heterocycles. The molecule has 2 aromatic carbocycles. The first-order chi connectivity index (χ1) is 15.9. The average molecular weight is 452 g/mol. The third-order valence-electron chi connectivity index (χ3n) is 5.71. The Morgan fingerprint density at radius 2 is 2.00 bits per heavy atom. The fraction of sp³-hybridized carbons (Fsp3) is 0.423. The Morgan fingerprint density at radius 1 is 1.18 bits per heavy atom. The molecule has 0 bridgehead atoms. The fourth-order valence-corrected chi connectivity index (χ4v) is 3.72. The largest absolute Gasteiger partial charge is 0.493 e. The number of hydrogen-bond donors (Lipinski definition) is 1. The second-order valence-corrected chi connectivity index (χ2v) is 8.22. The summed E-state index contributed by atoms with van der Waals surface area (Å²) >= 11 is 0. The van der Waals surface area contributed by atoms with Gasteiger partial charge in [-0.2, -0.15) is 0 Å². The number of fused-ring (bicyclic) bond motifs is 1. The molecule has 0 fully saturated rings. The zero-order valence-corrected chi connectivity index (χ0v) is 19.9. The van der Waals surface area contributed by atoms with Crippen LogP contribution in [0.1, 0.15) is 56.7 Å². The zero-order valence-electron chi connectivity index (χ0n) is 19.9. The van der Waals surface area contributed by atoms with E-state index in [1.54, 1.807) is 13.2 Å². The normalized spacial score (nSPS) is 11.9. The lowest BCUT2D eigenvalue weighted by Gasteiger charge is -2.17. The van der Waals surface area contributed by atoms with E-state index in [2.05, 4.69) is 17.2 Å². The van der Waals surface area contributed by atoms with Crippen LogP contribution in [0.2, 0.25) is 0 Å². The molecule has 3 rings (SSSR count). The summed E-state index contributed by atoms with van der Waals surface area (Å²) in [5.41, 5.74) is 2.43. The Hall–Kier alpha value is -3.35. The number of amides is 1. The Balaban J connectivity index is 1.60. The number of rotatable bonds is 11. The number of carbonyl (C=O) groups excluding carboxylic acids is 1. The molecule has 0 radical (unpaired) electrons. The van der Waals surface area contributed by atoms with Gasteiger partial charge in [-0.1, -0.05) is 38.0 Å². The summed E-state index contributed by atoms with van der Waals surface area (Å²) in [5, 5.41) is 3.56. The number of ether oxygens (including phenoxy) is 2. The minimum absolute atomic E-state index is 0.135. The van der Waals surface area contributed by atoms with Crippen molar-refractivity contribution in [2.24, 2.45) is 0 Å². The number of unbranched alkanes of at least 4 members (excludes halogenated alkanes) is 2. The molecule has 1 amide bonds. The van der Waals surface area contributed by atoms with E-state index >= 15 is 0 Å². The van der Waals surface area contributed by atoms with Crippen LogP contribution >= 0.6 is 0 Å². The van der Waals surface area contributed by atoms with E-state index in [4.69, 9.17) is 9.47 Å². The first-order valence-electron chi connectivity index (χ1n) is 11.5. The van der Waals surface area contributed by atoms with Crippen molar-refractivity contribution in [2.75, 3.05) is 13.7 Å². The molecular formula is C26H33N3O4. The van der Waals surface area contributed by atoms with Gasteiger partial charge in [0.15, 0.2) is 11.5 Å². The second kappa shape index (κ2) is 11.5. The standard InChI is InChI=1S/C26H33N3O4/c1-5-6-7-15-33-22-12-11-20(16-23(22)32-4)19(3)28-24(30)13-14-29-17-27-25-18(2)9-8-10-21(25)26(29)31/h8-12,16-17,19H,5-7,13-15H2,1-4H3,(H,28,30)/t19-/m1/s1. The summed E-state index contributed by atoms with van der Waals surface area (Å²) < 4.78 is 12.8. The van der Waals surface area contributed by atoms with Crippen LogP contribution in [-0.4, -0.2) is 29.2 Å². The molecule has 7 heteroatoms. The molecule has 33 heavy (non-hydrogen) atoms. The summed E-state index contributed by atoms with van der Waals surface area (Å²) in [5.74, 6) is 1.21. The van der Waals surface area contributed by atoms with Crippen LogP contribution in [0.25, 0.3) is 10.9 Å². The topological polar surface area (TPSA) is 82.5 Å². The second-order valence-electron chi connectivity index (χ2n) is 8.22. The molecular weight excluding hydrogens is 418 g/mol. The molecule has 176 valence electrons. The van der Waals surface area contributed by atoms with Crippen LogP contribution in [0.15, 0.2) is 47.5 Å². The number of benzene rings is 2. The highest BCUT2D eigenvalue weighted by Gasteiger charge is 2.14. The molecule has 1 N–H and O–H groups in total. The molecule has 0 aliphatic rings. The van der Waals surface area contributed by atoms with E-state index in [1.165, 1.54) is 10.9 Å². The summed E-state index contributed by atoms with van der Waals surface area (Å²) in [4.78, 5) is 29.7. The monoisotopic (exact) mass is 451 g/mol. The maximum atomic E-state index is 12.7. The maximum absolute atomic E-state index is 12.7. The van der Waals surface area contributed by atoms with Crippen molar-refractivity contribution in [3.63, 3.8) is 0 Å². The minimum Gasteiger partial charge on any atom is -0.493 e. The fourth-order valence-electron chi connectivity index (χ4n) is 3.72. The Morgan fingerprint density at radius 3 is 2.76 bits per heavy atom. The molecule has 0 aliphatic carbocycles. The van der Waals surface area contributed by atoms with Crippen LogP contribution in [0.5, 0.6) is 11.5 Å². The van der Waals surface area contributed by atoms with Crippen molar-refractivity contribution in [3.8, 4) is 11.5 Å². The number of hydrogen-bond acceptors (Lipinski definition) is 5. The minimum atomic E-state index is -0.213. The van der Waals surface area contributed by atoms with E-state index in [0.717, 1.165) is 30.4 Å². The van der Waals surface area contributed by atoms with E-state index in [-0.39, 0.29) is 30.5 Å². The molecule has 0 aliphatic heterocycles. The first kappa shape index (κ1) is 24.3.